The highest BCUT2D eigenvalue weighted by Gasteiger charge is 2.15. The molecular weight excluding hydrogens is 494 g/mol. The van der Waals surface area contributed by atoms with Gasteiger partial charge in [0.05, 0.1) is 9.79 Å². The fourth-order valence-electron chi connectivity index (χ4n) is 3.86. The highest BCUT2D eigenvalue weighted by Crippen LogP contribution is 2.12. The highest BCUT2D eigenvalue weighted by atomic mass is 32.2. The second-order valence-corrected chi connectivity index (χ2v) is 12.4. The van der Waals surface area contributed by atoms with Crippen LogP contribution in [0.1, 0.15) is 29.5 Å². The van der Waals surface area contributed by atoms with Gasteiger partial charge in [0.25, 0.3) is 0 Å². The normalized spacial score (nSPS) is 12.2. The Morgan fingerprint density at radius 2 is 1.11 bits per heavy atom. The van der Waals surface area contributed by atoms with Gasteiger partial charge in [-0.3, -0.25) is 4.90 Å². The molecule has 0 saturated heterocycles. The summed E-state index contributed by atoms with van der Waals surface area (Å²) < 4.78 is 55.7. The number of aryl methyl sites for hydroxylation is 2. The number of hydrogen-bond donors (Lipinski definition) is 2. The van der Waals surface area contributed by atoms with Gasteiger partial charge < -0.3 is 0 Å². The number of rotatable bonds is 14. The molecule has 0 bridgehead atoms. The van der Waals surface area contributed by atoms with Crippen molar-refractivity contribution in [1.29, 1.82) is 0 Å². The van der Waals surface area contributed by atoms with Crippen molar-refractivity contribution < 1.29 is 16.8 Å². The second kappa shape index (κ2) is 13.1. The summed E-state index contributed by atoms with van der Waals surface area (Å²) in [6.45, 7) is 6.42. The van der Waals surface area contributed by atoms with Gasteiger partial charge in [-0.15, -0.1) is 0 Å². The minimum atomic E-state index is -3.55. The summed E-state index contributed by atoms with van der Waals surface area (Å²) in [6.07, 6.45) is 1.26. The van der Waals surface area contributed by atoms with E-state index in [0.29, 0.717) is 45.6 Å². The van der Waals surface area contributed by atoms with E-state index in [-0.39, 0.29) is 9.79 Å². The molecule has 0 aromatic heterocycles. The van der Waals surface area contributed by atoms with E-state index >= 15 is 0 Å². The van der Waals surface area contributed by atoms with Crippen LogP contribution in [0.5, 0.6) is 0 Å². The van der Waals surface area contributed by atoms with Crippen molar-refractivity contribution in [3.8, 4) is 0 Å². The van der Waals surface area contributed by atoms with E-state index in [1.165, 1.54) is 0 Å². The Morgan fingerprint density at radius 1 is 0.639 bits per heavy atom. The van der Waals surface area contributed by atoms with Gasteiger partial charge in [0, 0.05) is 19.6 Å². The number of hydrogen-bond acceptors (Lipinski definition) is 5. The second-order valence-electron chi connectivity index (χ2n) is 8.90. The molecule has 0 aliphatic heterocycles. The molecule has 0 spiro atoms. The topological polar surface area (TPSA) is 95.6 Å². The molecule has 2 N–H and O–H groups in total. The van der Waals surface area contributed by atoms with Crippen LogP contribution in [0.25, 0.3) is 0 Å². The van der Waals surface area contributed by atoms with Crippen LogP contribution in [-0.4, -0.2) is 47.9 Å². The van der Waals surface area contributed by atoms with E-state index < -0.39 is 20.0 Å². The van der Waals surface area contributed by atoms with Crippen LogP contribution in [0.15, 0.2) is 88.7 Å². The predicted molar refractivity (Wildman–Crippen MR) is 144 cm³/mol. The molecule has 0 amide bonds. The lowest BCUT2D eigenvalue weighted by Crippen LogP contribution is -2.32. The van der Waals surface area contributed by atoms with Gasteiger partial charge in [0.1, 0.15) is 0 Å². The maximum atomic E-state index is 12.6. The molecule has 0 unspecified atom stereocenters. The summed E-state index contributed by atoms with van der Waals surface area (Å²) in [6, 6.07) is 23.7. The van der Waals surface area contributed by atoms with Gasteiger partial charge in [-0.2, -0.15) is 0 Å². The first-order valence-electron chi connectivity index (χ1n) is 12.0. The zero-order valence-corrected chi connectivity index (χ0v) is 22.5. The zero-order chi connectivity index (χ0) is 26.0. The third-order valence-electron chi connectivity index (χ3n) is 5.74. The number of nitrogens with zero attached hydrogens (tertiary/aromatic N) is 1. The molecule has 0 fully saturated rings. The van der Waals surface area contributed by atoms with Crippen molar-refractivity contribution in [2.45, 2.75) is 43.0 Å². The van der Waals surface area contributed by atoms with Gasteiger partial charge in [-0.25, -0.2) is 26.3 Å². The molecule has 3 aromatic rings. The Kier molecular flexibility index (Phi) is 10.2. The molecule has 0 atom stereocenters. The van der Waals surface area contributed by atoms with Gasteiger partial charge in [0.15, 0.2) is 0 Å². The quantitative estimate of drug-likeness (QED) is 0.310. The van der Waals surface area contributed by atoms with Crippen molar-refractivity contribution in [3.63, 3.8) is 0 Å². The summed E-state index contributed by atoms with van der Waals surface area (Å²) in [4.78, 5) is 2.76. The predicted octanol–water partition coefficient (Wildman–Crippen LogP) is 3.84. The molecule has 0 saturated carbocycles. The van der Waals surface area contributed by atoms with E-state index in [9.17, 15) is 16.8 Å². The number of benzene rings is 3. The first-order chi connectivity index (χ1) is 17.2. The van der Waals surface area contributed by atoms with Crippen molar-refractivity contribution in [1.82, 2.24) is 14.3 Å². The fraction of sp³-hybridized carbons (Fsp3) is 0.333. The average Bonchev–Trinajstić information content (AvgIpc) is 2.85. The average molecular weight is 530 g/mol. The number of nitrogens with one attached hydrogen (secondary N) is 2. The molecule has 194 valence electrons. The Bertz CT molecular complexity index is 1240. The zero-order valence-electron chi connectivity index (χ0n) is 20.9. The Balaban J connectivity index is 1.52. The van der Waals surface area contributed by atoms with Crippen molar-refractivity contribution in [2.24, 2.45) is 0 Å². The molecule has 3 aromatic carbocycles. The fourth-order valence-corrected chi connectivity index (χ4v) is 6.22. The van der Waals surface area contributed by atoms with Crippen LogP contribution in [0, 0.1) is 13.8 Å². The Morgan fingerprint density at radius 3 is 1.56 bits per heavy atom. The van der Waals surface area contributed by atoms with E-state index in [0.717, 1.165) is 16.7 Å². The molecule has 7 nitrogen and oxygen atoms in total. The SMILES string of the molecule is Cc1cccc(S(=O)(=O)NCCCN(CCCNS(=O)(=O)c2cccc(C)c2)Cc2ccccc2)c1. The van der Waals surface area contributed by atoms with Gasteiger partial charge in [-0.05, 0) is 80.7 Å². The standard InChI is InChI=1S/C27H35N3O4S2/c1-23-10-6-14-26(20-23)35(31,32)28-16-8-18-30(22-25-12-4-3-5-13-25)19-9-17-29-36(33,34)27-15-7-11-24(2)21-27/h3-7,10-15,20-21,28-29H,8-9,16-19,22H2,1-2H3. The molecule has 0 aliphatic rings. The summed E-state index contributed by atoms with van der Waals surface area (Å²) in [5.41, 5.74) is 2.94. The molecule has 0 radical (unpaired) electrons. The molecule has 0 heterocycles. The van der Waals surface area contributed by atoms with Gasteiger partial charge >= 0.3 is 0 Å². The molecule has 36 heavy (non-hydrogen) atoms. The Hall–Kier alpha value is -2.56. The molecule has 9 heteroatoms. The lowest BCUT2D eigenvalue weighted by molar-refractivity contribution is 0.260. The molecular formula is C27H35N3O4S2. The smallest absolute Gasteiger partial charge is 0.240 e. The van der Waals surface area contributed by atoms with Crippen molar-refractivity contribution in [2.75, 3.05) is 26.2 Å². The van der Waals surface area contributed by atoms with Crippen LogP contribution in [-0.2, 0) is 26.6 Å². The molecule has 3 rings (SSSR count). The van der Waals surface area contributed by atoms with Crippen LogP contribution in [0.3, 0.4) is 0 Å². The van der Waals surface area contributed by atoms with Crippen LogP contribution in [0.4, 0.5) is 0 Å². The maximum absolute atomic E-state index is 12.6. The van der Waals surface area contributed by atoms with Gasteiger partial charge in [0.2, 0.25) is 20.0 Å². The van der Waals surface area contributed by atoms with E-state index in [2.05, 4.69) is 14.3 Å². The van der Waals surface area contributed by atoms with Gasteiger partial charge in [-0.1, -0.05) is 54.6 Å². The largest absolute Gasteiger partial charge is 0.299 e. The first-order valence-corrected chi connectivity index (χ1v) is 15.0. The Labute approximate surface area is 215 Å². The third kappa shape index (κ3) is 8.83. The summed E-state index contributed by atoms with van der Waals surface area (Å²) in [5, 5.41) is 0. The first kappa shape index (κ1) is 28.0. The lowest BCUT2D eigenvalue weighted by Gasteiger charge is -2.22. The minimum absolute atomic E-state index is 0.268. The van der Waals surface area contributed by atoms with Crippen LogP contribution >= 0.6 is 0 Å². The minimum Gasteiger partial charge on any atom is -0.299 e. The summed E-state index contributed by atoms with van der Waals surface area (Å²) in [5.74, 6) is 0. The summed E-state index contributed by atoms with van der Waals surface area (Å²) >= 11 is 0. The van der Waals surface area contributed by atoms with Crippen LogP contribution < -0.4 is 9.44 Å². The van der Waals surface area contributed by atoms with Crippen molar-refractivity contribution in [3.05, 3.63) is 95.6 Å². The molecule has 0 aliphatic carbocycles. The maximum Gasteiger partial charge on any atom is 0.240 e. The van der Waals surface area contributed by atoms with E-state index in [1.807, 2.05) is 56.3 Å². The van der Waals surface area contributed by atoms with Crippen LogP contribution in [0.2, 0.25) is 0 Å². The lowest BCUT2D eigenvalue weighted by atomic mass is 10.2. The highest BCUT2D eigenvalue weighted by molar-refractivity contribution is 7.89. The number of sulfonamides is 2. The van der Waals surface area contributed by atoms with E-state index in [4.69, 9.17) is 0 Å². The van der Waals surface area contributed by atoms with E-state index in [1.54, 1.807) is 36.4 Å². The monoisotopic (exact) mass is 529 g/mol. The third-order valence-corrected chi connectivity index (χ3v) is 8.65. The summed E-state index contributed by atoms with van der Waals surface area (Å²) in [7, 11) is -7.10. The van der Waals surface area contributed by atoms with Crippen molar-refractivity contribution >= 4 is 20.0 Å².